The molecule has 188 valence electrons. The molecule has 2 fully saturated rings. The maximum Gasteiger partial charge on any atom is 0.338 e. The van der Waals surface area contributed by atoms with E-state index in [1.807, 2.05) is 0 Å². The van der Waals surface area contributed by atoms with Crippen molar-refractivity contribution >= 4 is 64.0 Å². The van der Waals surface area contributed by atoms with Crippen molar-refractivity contribution in [2.75, 3.05) is 16.8 Å². The van der Waals surface area contributed by atoms with Crippen LogP contribution in [0.3, 0.4) is 0 Å². The molecule has 0 aromatic heterocycles. The number of nitrogens with one attached hydrogen (secondary N) is 1. The molecule has 0 radical (unpaired) electrons. The summed E-state index contributed by atoms with van der Waals surface area (Å²) in [6, 6.07) is 9.88. The average Bonchev–Trinajstić information content (AvgIpc) is 3.08. The minimum atomic E-state index is -0.797. The molecule has 4 rings (SSSR count). The Bertz CT molecular complexity index is 1220. The van der Waals surface area contributed by atoms with Crippen LogP contribution < -0.4 is 10.2 Å². The van der Waals surface area contributed by atoms with Gasteiger partial charge in [-0.3, -0.25) is 29.4 Å². The first-order valence-corrected chi connectivity index (χ1v) is 11.9. The SMILES string of the molecule is Cc1ccc(NC(=O)COC(=O)c2ccc(N3C(=O)[C@@H]4C[C@@H](Cl)[C@@H](Cl)C[C@H]4C3=O)cc2)cc1[N+](=O)[O-]. The fourth-order valence-corrected chi connectivity index (χ4v) is 4.98. The molecule has 0 spiro atoms. The number of alkyl halides is 2. The second kappa shape index (κ2) is 10.2. The summed E-state index contributed by atoms with van der Waals surface area (Å²) in [6.07, 6.45) is 0.647. The van der Waals surface area contributed by atoms with Gasteiger partial charge in [0.2, 0.25) is 11.8 Å². The van der Waals surface area contributed by atoms with Crippen molar-refractivity contribution in [3.05, 3.63) is 63.7 Å². The number of amides is 3. The van der Waals surface area contributed by atoms with Crippen molar-refractivity contribution in [1.29, 1.82) is 0 Å². The number of anilines is 2. The van der Waals surface area contributed by atoms with E-state index < -0.39 is 35.2 Å². The van der Waals surface area contributed by atoms with Gasteiger partial charge in [0.25, 0.3) is 11.6 Å². The highest BCUT2D eigenvalue weighted by Crippen LogP contribution is 2.43. The van der Waals surface area contributed by atoms with Crippen LogP contribution in [0.5, 0.6) is 0 Å². The molecule has 36 heavy (non-hydrogen) atoms. The second-order valence-corrected chi connectivity index (χ2v) is 9.78. The van der Waals surface area contributed by atoms with Crippen molar-refractivity contribution in [2.24, 2.45) is 11.8 Å². The number of nitro benzene ring substituents is 1. The lowest BCUT2D eigenvalue weighted by atomic mass is 9.80. The number of hydrogen-bond donors (Lipinski definition) is 1. The summed E-state index contributed by atoms with van der Waals surface area (Å²) in [5.74, 6) is -3.20. The lowest BCUT2D eigenvalue weighted by Gasteiger charge is -2.28. The summed E-state index contributed by atoms with van der Waals surface area (Å²) >= 11 is 12.4. The highest BCUT2D eigenvalue weighted by Gasteiger charge is 2.52. The van der Waals surface area contributed by atoms with Crippen LogP contribution in [0.2, 0.25) is 0 Å². The van der Waals surface area contributed by atoms with E-state index in [2.05, 4.69) is 5.32 Å². The number of carbonyl (C=O) groups excluding carboxylic acids is 4. The highest BCUT2D eigenvalue weighted by molar-refractivity contribution is 6.31. The van der Waals surface area contributed by atoms with E-state index in [1.165, 1.54) is 42.5 Å². The lowest BCUT2D eigenvalue weighted by molar-refractivity contribution is -0.385. The van der Waals surface area contributed by atoms with Crippen LogP contribution in [0.25, 0.3) is 0 Å². The molecule has 1 heterocycles. The molecular weight excluding hydrogens is 513 g/mol. The molecule has 1 saturated carbocycles. The predicted octanol–water partition coefficient (Wildman–Crippen LogP) is 3.81. The topological polar surface area (TPSA) is 136 Å². The third-order valence-electron chi connectivity index (χ3n) is 6.30. The third kappa shape index (κ3) is 5.05. The Morgan fingerprint density at radius 3 is 2.19 bits per heavy atom. The predicted molar refractivity (Wildman–Crippen MR) is 131 cm³/mol. The zero-order chi connectivity index (χ0) is 26.1. The van der Waals surface area contributed by atoms with E-state index in [4.69, 9.17) is 27.9 Å². The molecule has 4 atom stereocenters. The van der Waals surface area contributed by atoms with Crippen LogP contribution in [0.4, 0.5) is 17.1 Å². The van der Waals surface area contributed by atoms with Gasteiger partial charge in [0.15, 0.2) is 6.61 Å². The fraction of sp³-hybridized carbons (Fsp3) is 0.333. The van der Waals surface area contributed by atoms with Crippen molar-refractivity contribution in [3.8, 4) is 0 Å². The maximum absolute atomic E-state index is 12.9. The Labute approximate surface area is 215 Å². The third-order valence-corrected chi connectivity index (χ3v) is 7.39. The van der Waals surface area contributed by atoms with E-state index in [-0.39, 0.29) is 39.5 Å². The minimum absolute atomic E-state index is 0.107. The van der Waals surface area contributed by atoms with Gasteiger partial charge < -0.3 is 10.1 Å². The monoisotopic (exact) mass is 533 g/mol. The Kier molecular flexibility index (Phi) is 7.28. The van der Waals surface area contributed by atoms with Gasteiger partial charge >= 0.3 is 5.97 Å². The Balaban J connectivity index is 1.36. The Hall–Kier alpha value is -3.50. The zero-order valence-electron chi connectivity index (χ0n) is 19.0. The molecule has 2 aliphatic rings. The Morgan fingerprint density at radius 1 is 1.06 bits per heavy atom. The summed E-state index contributed by atoms with van der Waals surface area (Å²) in [5.41, 5.74) is 0.904. The van der Waals surface area contributed by atoms with Gasteiger partial charge in [-0.1, -0.05) is 6.07 Å². The number of halogens is 2. The molecule has 2 aromatic rings. The van der Waals surface area contributed by atoms with Crippen LogP contribution >= 0.6 is 23.2 Å². The van der Waals surface area contributed by atoms with E-state index in [1.54, 1.807) is 6.92 Å². The van der Waals surface area contributed by atoms with Gasteiger partial charge in [-0.05, 0) is 50.1 Å². The quantitative estimate of drug-likeness (QED) is 0.196. The molecule has 3 amide bonds. The van der Waals surface area contributed by atoms with Gasteiger partial charge in [-0.2, -0.15) is 0 Å². The van der Waals surface area contributed by atoms with Gasteiger partial charge in [-0.15, -0.1) is 23.2 Å². The van der Waals surface area contributed by atoms with Crippen molar-refractivity contribution in [2.45, 2.75) is 30.5 Å². The molecule has 12 heteroatoms. The summed E-state index contributed by atoms with van der Waals surface area (Å²) in [5, 5.41) is 12.7. The second-order valence-electron chi connectivity index (χ2n) is 8.66. The molecule has 0 bridgehead atoms. The smallest absolute Gasteiger partial charge is 0.338 e. The van der Waals surface area contributed by atoms with Crippen LogP contribution in [-0.4, -0.2) is 46.0 Å². The van der Waals surface area contributed by atoms with Crippen molar-refractivity contribution in [1.82, 2.24) is 0 Å². The molecule has 1 saturated heterocycles. The molecular formula is C24H21Cl2N3O7. The zero-order valence-corrected chi connectivity index (χ0v) is 20.5. The van der Waals surface area contributed by atoms with Gasteiger partial charge in [-0.25, -0.2) is 4.79 Å². The number of rotatable bonds is 6. The molecule has 0 unspecified atom stereocenters. The molecule has 1 aliphatic carbocycles. The Morgan fingerprint density at radius 2 is 1.64 bits per heavy atom. The van der Waals surface area contributed by atoms with E-state index in [0.717, 1.165) is 4.90 Å². The number of aryl methyl sites for hydroxylation is 1. The fourth-order valence-electron chi connectivity index (χ4n) is 4.39. The highest BCUT2D eigenvalue weighted by atomic mass is 35.5. The maximum atomic E-state index is 12.9. The van der Waals surface area contributed by atoms with Gasteiger partial charge in [0, 0.05) is 17.3 Å². The molecule has 1 N–H and O–H groups in total. The van der Waals surface area contributed by atoms with Crippen LogP contribution in [0.15, 0.2) is 42.5 Å². The van der Waals surface area contributed by atoms with Gasteiger partial charge in [0.05, 0.1) is 38.8 Å². The van der Waals surface area contributed by atoms with Crippen molar-refractivity contribution in [3.63, 3.8) is 0 Å². The van der Waals surface area contributed by atoms with E-state index in [9.17, 15) is 29.3 Å². The van der Waals surface area contributed by atoms with Crippen LogP contribution in [0.1, 0.15) is 28.8 Å². The number of nitro groups is 1. The summed E-state index contributed by atoms with van der Waals surface area (Å²) in [7, 11) is 0. The largest absolute Gasteiger partial charge is 0.452 e. The average molecular weight is 534 g/mol. The summed E-state index contributed by atoms with van der Waals surface area (Å²) in [6.45, 7) is 0.956. The first kappa shape index (κ1) is 25.6. The number of carbonyl (C=O) groups is 4. The summed E-state index contributed by atoms with van der Waals surface area (Å²) < 4.78 is 5.01. The number of hydrogen-bond acceptors (Lipinski definition) is 7. The first-order valence-electron chi connectivity index (χ1n) is 11.0. The minimum Gasteiger partial charge on any atom is -0.452 e. The lowest BCUT2D eigenvalue weighted by Crippen LogP contribution is -2.34. The first-order chi connectivity index (χ1) is 17.1. The normalized spacial score (nSPS) is 23.2. The summed E-state index contributed by atoms with van der Waals surface area (Å²) in [4.78, 5) is 61.8. The van der Waals surface area contributed by atoms with Gasteiger partial charge in [0.1, 0.15) is 0 Å². The number of imide groups is 1. The van der Waals surface area contributed by atoms with Crippen molar-refractivity contribution < 1.29 is 28.8 Å². The number of esters is 1. The van der Waals surface area contributed by atoms with E-state index >= 15 is 0 Å². The van der Waals surface area contributed by atoms with Crippen LogP contribution in [-0.2, 0) is 19.1 Å². The number of ether oxygens (including phenoxy) is 1. The molecule has 2 aromatic carbocycles. The standard InChI is InChI=1S/C24H21Cl2N3O7/c1-12-2-5-14(8-20(12)29(34)35)27-21(30)11-36-24(33)13-3-6-15(7-4-13)28-22(31)16-9-18(25)19(26)10-17(16)23(28)32/h2-8,16-19H,9-11H2,1H3,(H,27,30)/t16-,17-,18-,19+/m1/s1. The molecule has 1 aliphatic heterocycles. The number of nitrogens with zero attached hydrogens (tertiary/aromatic N) is 2. The molecule has 10 nitrogen and oxygen atoms in total. The van der Waals surface area contributed by atoms with Crippen LogP contribution in [0, 0.1) is 28.9 Å². The van der Waals surface area contributed by atoms with E-state index in [0.29, 0.717) is 24.1 Å². The number of fused-ring (bicyclic) bond motifs is 1. The number of benzene rings is 2.